The molecule has 6 heteroatoms. The van der Waals surface area contributed by atoms with Crippen LogP contribution in [0.25, 0.3) is 5.76 Å². The molecule has 1 heterocycles. The van der Waals surface area contributed by atoms with Crippen LogP contribution < -0.4 is 4.74 Å². The Balaban J connectivity index is 1.98. The van der Waals surface area contributed by atoms with Crippen molar-refractivity contribution in [2.24, 2.45) is 0 Å². The van der Waals surface area contributed by atoms with E-state index in [2.05, 4.69) is 27.7 Å². The third-order valence-corrected chi connectivity index (χ3v) is 6.31. The number of aliphatic hydroxyl groups excluding tert-OH is 1. The third-order valence-electron chi connectivity index (χ3n) is 6.31. The second-order valence-electron chi connectivity index (χ2n) is 9.94. The molecule has 2 aromatic carbocycles. The van der Waals surface area contributed by atoms with E-state index in [1.54, 1.807) is 31.4 Å². The third kappa shape index (κ3) is 6.12. The van der Waals surface area contributed by atoms with Crippen molar-refractivity contribution in [3.63, 3.8) is 0 Å². The largest absolute Gasteiger partial charge is 0.507 e. The summed E-state index contributed by atoms with van der Waals surface area (Å²) in [5.74, 6) is -0.814. The van der Waals surface area contributed by atoms with Crippen molar-refractivity contribution in [2.75, 3.05) is 26.9 Å². The Bertz CT molecular complexity index is 1050. The zero-order chi connectivity index (χ0) is 25.6. The number of methoxy groups -OCH3 is 1. The monoisotopic (exact) mass is 479 g/mol. The Hall–Kier alpha value is -3.12. The first-order valence-electron chi connectivity index (χ1n) is 12.3. The van der Waals surface area contributed by atoms with E-state index in [0.29, 0.717) is 17.9 Å². The van der Waals surface area contributed by atoms with Gasteiger partial charge in [-0.15, -0.1) is 0 Å². The highest BCUT2D eigenvalue weighted by molar-refractivity contribution is 6.46. The summed E-state index contributed by atoms with van der Waals surface area (Å²) in [6.07, 6.45) is 3.22. The summed E-state index contributed by atoms with van der Waals surface area (Å²) in [4.78, 5) is 27.5. The number of rotatable bonds is 10. The van der Waals surface area contributed by atoms with E-state index in [-0.39, 0.29) is 29.9 Å². The molecule has 0 spiro atoms. The average molecular weight is 480 g/mol. The van der Waals surface area contributed by atoms with Gasteiger partial charge >= 0.3 is 0 Å². The maximum atomic E-state index is 13.1. The number of likely N-dealkylation sites (tertiary alicyclic amines) is 1. The fraction of sp³-hybridized carbons (Fsp3) is 0.448. The van der Waals surface area contributed by atoms with Gasteiger partial charge < -0.3 is 19.5 Å². The lowest BCUT2D eigenvalue weighted by Crippen LogP contribution is -2.32. The van der Waals surface area contributed by atoms with Crippen molar-refractivity contribution < 1.29 is 24.2 Å². The molecular formula is C29H37NO5. The van der Waals surface area contributed by atoms with Crippen LogP contribution in [0.2, 0.25) is 0 Å². The van der Waals surface area contributed by atoms with Crippen molar-refractivity contribution in [2.45, 2.75) is 58.4 Å². The fourth-order valence-electron chi connectivity index (χ4n) is 4.22. The van der Waals surface area contributed by atoms with Gasteiger partial charge in [0.25, 0.3) is 11.7 Å². The Kier molecular flexibility index (Phi) is 8.73. The summed E-state index contributed by atoms with van der Waals surface area (Å²) < 4.78 is 10.9. The number of nitrogens with zero attached hydrogens (tertiary/aromatic N) is 1. The number of Topliss-reactive ketones (excluding diaryl/α,β-unsaturated/α-hetero) is 1. The molecule has 2 aromatic rings. The van der Waals surface area contributed by atoms with Gasteiger partial charge in [-0.05, 0) is 47.2 Å². The van der Waals surface area contributed by atoms with Crippen LogP contribution in [0.15, 0.2) is 54.1 Å². The molecule has 1 saturated heterocycles. The Morgan fingerprint density at radius 2 is 1.63 bits per heavy atom. The number of ketones is 1. The van der Waals surface area contributed by atoms with Crippen LogP contribution in [0.1, 0.15) is 69.7 Å². The van der Waals surface area contributed by atoms with Crippen LogP contribution in [0.3, 0.4) is 0 Å². The van der Waals surface area contributed by atoms with Gasteiger partial charge in [-0.2, -0.15) is 0 Å². The Morgan fingerprint density at radius 3 is 2.20 bits per heavy atom. The lowest BCUT2D eigenvalue weighted by molar-refractivity contribution is -0.140. The number of ether oxygens (including phenoxy) is 2. The molecule has 1 atom stereocenters. The summed E-state index contributed by atoms with van der Waals surface area (Å²) in [5.41, 5.74) is 2.44. The number of aliphatic hydroxyl groups is 1. The van der Waals surface area contributed by atoms with Crippen molar-refractivity contribution in [3.8, 4) is 5.75 Å². The average Bonchev–Trinajstić information content (AvgIpc) is 3.09. The van der Waals surface area contributed by atoms with Crippen LogP contribution in [-0.2, 0) is 19.7 Å². The van der Waals surface area contributed by atoms with Crippen molar-refractivity contribution in [1.82, 2.24) is 4.90 Å². The summed E-state index contributed by atoms with van der Waals surface area (Å²) >= 11 is 0. The molecule has 1 fully saturated rings. The Labute approximate surface area is 208 Å². The molecule has 0 saturated carbocycles. The number of carbonyl (C=O) groups is 2. The zero-order valence-electron chi connectivity index (χ0n) is 21.5. The van der Waals surface area contributed by atoms with E-state index in [4.69, 9.17) is 9.47 Å². The van der Waals surface area contributed by atoms with E-state index in [0.717, 1.165) is 30.4 Å². The van der Waals surface area contributed by atoms with Gasteiger partial charge in [0.05, 0.1) is 24.8 Å². The highest BCUT2D eigenvalue weighted by atomic mass is 16.5. The van der Waals surface area contributed by atoms with Crippen molar-refractivity contribution in [3.05, 3.63) is 70.8 Å². The molecule has 1 unspecified atom stereocenters. The summed E-state index contributed by atoms with van der Waals surface area (Å²) in [6, 6.07) is 14.2. The molecule has 0 radical (unpaired) electrons. The molecule has 188 valence electrons. The minimum atomic E-state index is -0.691. The lowest BCUT2D eigenvalue weighted by atomic mass is 9.85. The van der Waals surface area contributed by atoms with E-state index >= 15 is 0 Å². The number of amides is 1. The summed E-state index contributed by atoms with van der Waals surface area (Å²) in [6.45, 7) is 9.69. The molecule has 35 heavy (non-hydrogen) atoms. The predicted octanol–water partition coefficient (Wildman–Crippen LogP) is 5.62. The first kappa shape index (κ1) is 26.5. The second kappa shape index (κ2) is 11.5. The van der Waals surface area contributed by atoms with Gasteiger partial charge in [-0.25, -0.2) is 0 Å². The molecule has 0 aliphatic carbocycles. The smallest absolute Gasteiger partial charge is 0.295 e. The highest BCUT2D eigenvalue weighted by Crippen LogP contribution is 2.40. The molecule has 1 aliphatic rings. The standard InChI is InChI=1S/C29H37NO5/c1-6-7-8-18-35-23-15-11-21(12-16-23)26(31)24-25(30(17-19-34-5)28(33)27(24)32)20-9-13-22(14-10-20)29(2,3)4/h9-16,25,31H,6-8,17-19H2,1-5H3/b26-24-. The van der Waals surface area contributed by atoms with Gasteiger partial charge in [-0.3, -0.25) is 9.59 Å². The molecule has 3 rings (SSSR count). The summed E-state index contributed by atoms with van der Waals surface area (Å²) in [7, 11) is 1.55. The molecule has 1 N–H and O–H groups in total. The number of hydrogen-bond acceptors (Lipinski definition) is 5. The topological polar surface area (TPSA) is 76.1 Å². The van der Waals surface area contributed by atoms with Crippen LogP contribution in [0.4, 0.5) is 0 Å². The number of unbranched alkanes of at least 4 members (excludes halogenated alkanes) is 2. The van der Waals surface area contributed by atoms with Crippen LogP contribution >= 0.6 is 0 Å². The van der Waals surface area contributed by atoms with E-state index < -0.39 is 17.7 Å². The first-order chi connectivity index (χ1) is 16.7. The normalized spacial score (nSPS) is 17.7. The zero-order valence-corrected chi connectivity index (χ0v) is 21.5. The quantitative estimate of drug-likeness (QED) is 0.207. The molecule has 0 bridgehead atoms. The molecular weight excluding hydrogens is 442 g/mol. The van der Waals surface area contributed by atoms with Crippen molar-refractivity contribution >= 4 is 17.4 Å². The maximum absolute atomic E-state index is 13.1. The number of carbonyl (C=O) groups excluding carboxylic acids is 2. The van der Waals surface area contributed by atoms with E-state index in [9.17, 15) is 14.7 Å². The van der Waals surface area contributed by atoms with E-state index in [1.807, 2.05) is 24.3 Å². The van der Waals surface area contributed by atoms with Gasteiger partial charge in [0.15, 0.2) is 0 Å². The van der Waals surface area contributed by atoms with Crippen LogP contribution in [-0.4, -0.2) is 48.6 Å². The van der Waals surface area contributed by atoms with Gasteiger partial charge in [-0.1, -0.05) is 64.8 Å². The predicted molar refractivity (Wildman–Crippen MR) is 137 cm³/mol. The Morgan fingerprint density at radius 1 is 0.971 bits per heavy atom. The molecule has 1 amide bonds. The minimum absolute atomic E-state index is 0.0310. The molecule has 0 aromatic heterocycles. The van der Waals surface area contributed by atoms with Gasteiger partial charge in [0.2, 0.25) is 0 Å². The summed E-state index contributed by atoms with van der Waals surface area (Å²) in [5, 5.41) is 11.2. The van der Waals surface area contributed by atoms with Crippen molar-refractivity contribution in [1.29, 1.82) is 0 Å². The molecule has 1 aliphatic heterocycles. The minimum Gasteiger partial charge on any atom is -0.507 e. The second-order valence-corrected chi connectivity index (χ2v) is 9.94. The maximum Gasteiger partial charge on any atom is 0.295 e. The van der Waals surface area contributed by atoms with E-state index in [1.165, 1.54) is 4.90 Å². The first-order valence-corrected chi connectivity index (χ1v) is 12.3. The highest BCUT2D eigenvalue weighted by Gasteiger charge is 2.45. The van der Waals surface area contributed by atoms with Crippen LogP contribution in [0.5, 0.6) is 5.75 Å². The lowest BCUT2D eigenvalue weighted by Gasteiger charge is -2.26. The van der Waals surface area contributed by atoms with Gasteiger partial charge in [0, 0.05) is 19.2 Å². The number of benzene rings is 2. The fourth-order valence-corrected chi connectivity index (χ4v) is 4.22. The molecule has 6 nitrogen and oxygen atoms in total. The number of hydrogen-bond donors (Lipinski definition) is 1. The SMILES string of the molecule is CCCCCOc1ccc(/C(O)=C2/C(=O)C(=O)N(CCOC)C2c2ccc(C(C)(C)C)cc2)cc1. The van der Waals surface area contributed by atoms with Gasteiger partial charge in [0.1, 0.15) is 11.5 Å². The van der Waals surface area contributed by atoms with Crippen LogP contribution in [0, 0.1) is 0 Å².